The molecule has 2 aromatic rings. The molecule has 0 saturated carbocycles. The van der Waals surface area contributed by atoms with Gasteiger partial charge in [-0.1, -0.05) is 18.5 Å². The summed E-state index contributed by atoms with van der Waals surface area (Å²) in [6.45, 7) is 4.25. The molecule has 0 aliphatic carbocycles. The van der Waals surface area contributed by atoms with Gasteiger partial charge in [-0.3, -0.25) is 9.48 Å². The van der Waals surface area contributed by atoms with Crippen molar-refractivity contribution in [2.24, 2.45) is 0 Å². The van der Waals surface area contributed by atoms with Crippen LogP contribution in [0.1, 0.15) is 32.0 Å². The molecule has 0 aliphatic heterocycles. The van der Waals surface area contributed by atoms with Gasteiger partial charge in [0.1, 0.15) is 12.4 Å². The lowest BCUT2D eigenvalue weighted by Gasteiger charge is -2.08. The maximum Gasteiger partial charge on any atom is 0.176 e. The summed E-state index contributed by atoms with van der Waals surface area (Å²) in [5.41, 5.74) is 0.778. The van der Waals surface area contributed by atoms with Crippen molar-refractivity contribution in [1.82, 2.24) is 9.78 Å². The zero-order chi connectivity index (χ0) is 15.2. The lowest BCUT2D eigenvalue weighted by atomic mass is 10.2. The summed E-state index contributed by atoms with van der Waals surface area (Å²) in [5.74, 6) is 0.636. The Hall–Kier alpha value is -1.81. The molecule has 21 heavy (non-hydrogen) atoms. The molecule has 0 radical (unpaired) electrons. The molecule has 0 N–H and O–H groups in total. The molecule has 2 rings (SSSR count). The molecule has 1 aromatic heterocycles. The SMILES string of the molecule is CCC(C)n1ccc(CC(=O)COc2ccc(Cl)cc2)n1. The molecule has 4 nitrogen and oxygen atoms in total. The van der Waals surface area contributed by atoms with Crippen molar-refractivity contribution in [2.75, 3.05) is 6.61 Å². The van der Waals surface area contributed by atoms with Gasteiger partial charge in [-0.2, -0.15) is 5.10 Å². The predicted octanol–water partition coefficient (Wildman–Crippen LogP) is 3.70. The number of carbonyl (C=O) groups excluding carboxylic acids is 1. The third kappa shape index (κ3) is 4.60. The largest absolute Gasteiger partial charge is 0.486 e. The van der Waals surface area contributed by atoms with Crippen LogP contribution in [0.25, 0.3) is 0 Å². The Kier molecular flexibility index (Phi) is 5.39. The first-order chi connectivity index (χ1) is 10.1. The maximum absolute atomic E-state index is 11.9. The van der Waals surface area contributed by atoms with Crippen molar-refractivity contribution < 1.29 is 9.53 Å². The Labute approximate surface area is 129 Å². The van der Waals surface area contributed by atoms with Crippen molar-refractivity contribution >= 4 is 17.4 Å². The van der Waals surface area contributed by atoms with Gasteiger partial charge in [0.05, 0.1) is 12.1 Å². The average Bonchev–Trinajstić information content (AvgIpc) is 2.94. The molecule has 0 bridgehead atoms. The second kappa shape index (κ2) is 7.27. The van der Waals surface area contributed by atoms with Crippen LogP contribution < -0.4 is 4.74 Å². The quantitative estimate of drug-likeness (QED) is 0.783. The first-order valence-electron chi connectivity index (χ1n) is 7.02. The van der Waals surface area contributed by atoms with E-state index in [1.54, 1.807) is 24.3 Å². The molecule has 0 amide bonds. The fraction of sp³-hybridized carbons (Fsp3) is 0.375. The number of rotatable bonds is 7. The van der Waals surface area contributed by atoms with E-state index in [0.717, 1.165) is 12.1 Å². The molecule has 0 aliphatic rings. The fourth-order valence-electron chi connectivity index (χ4n) is 1.85. The van der Waals surface area contributed by atoms with Crippen LogP contribution in [-0.2, 0) is 11.2 Å². The second-order valence-electron chi connectivity index (χ2n) is 5.00. The van der Waals surface area contributed by atoms with Crippen LogP contribution in [0.4, 0.5) is 0 Å². The van der Waals surface area contributed by atoms with Crippen molar-refractivity contribution in [3.8, 4) is 5.75 Å². The van der Waals surface area contributed by atoms with E-state index in [2.05, 4.69) is 18.9 Å². The number of nitrogens with zero attached hydrogens (tertiary/aromatic N) is 2. The number of benzene rings is 1. The zero-order valence-electron chi connectivity index (χ0n) is 12.3. The minimum atomic E-state index is -0.000600. The van der Waals surface area contributed by atoms with E-state index >= 15 is 0 Å². The van der Waals surface area contributed by atoms with Crippen LogP contribution in [-0.4, -0.2) is 22.2 Å². The summed E-state index contributed by atoms with van der Waals surface area (Å²) in [6.07, 6.45) is 3.21. The van der Waals surface area contributed by atoms with Crippen molar-refractivity contribution in [2.45, 2.75) is 32.7 Å². The number of halogens is 1. The first-order valence-corrected chi connectivity index (χ1v) is 7.40. The van der Waals surface area contributed by atoms with E-state index in [1.165, 1.54) is 0 Å². The molecular weight excluding hydrogens is 288 g/mol. The molecule has 1 aromatic carbocycles. The number of hydrogen-bond donors (Lipinski definition) is 0. The van der Waals surface area contributed by atoms with Gasteiger partial charge in [0.2, 0.25) is 0 Å². The Morgan fingerprint density at radius 2 is 2.05 bits per heavy atom. The Morgan fingerprint density at radius 3 is 2.71 bits per heavy atom. The molecule has 5 heteroatoms. The Balaban J connectivity index is 1.84. The average molecular weight is 307 g/mol. The van der Waals surface area contributed by atoms with Crippen LogP contribution in [0.15, 0.2) is 36.5 Å². The van der Waals surface area contributed by atoms with Gasteiger partial charge in [-0.05, 0) is 43.7 Å². The Morgan fingerprint density at radius 1 is 1.33 bits per heavy atom. The summed E-state index contributed by atoms with van der Waals surface area (Å²) in [5, 5.41) is 5.05. The van der Waals surface area contributed by atoms with E-state index in [9.17, 15) is 4.79 Å². The molecular formula is C16H19ClN2O2. The van der Waals surface area contributed by atoms with Gasteiger partial charge < -0.3 is 4.74 Å². The number of hydrogen-bond acceptors (Lipinski definition) is 3. The maximum atomic E-state index is 11.9. The topological polar surface area (TPSA) is 44.1 Å². The highest BCUT2D eigenvalue weighted by Crippen LogP contribution is 2.15. The van der Waals surface area contributed by atoms with Gasteiger partial charge in [0, 0.05) is 17.3 Å². The van der Waals surface area contributed by atoms with Crippen molar-refractivity contribution in [3.05, 3.63) is 47.2 Å². The normalized spacial score (nSPS) is 12.1. The van der Waals surface area contributed by atoms with Crippen molar-refractivity contribution in [3.63, 3.8) is 0 Å². The standard InChI is InChI=1S/C16H19ClN2O2/c1-3-12(2)19-9-8-14(18-19)10-15(20)11-21-16-6-4-13(17)5-7-16/h4-9,12H,3,10-11H2,1-2H3. The van der Waals surface area contributed by atoms with Gasteiger partial charge in [-0.25, -0.2) is 0 Å². The Bertz CT molecular complexity index is 593. The van der Waals surface area contributed by atoms with Crippen LogP contribution in [0.5, 0.6) is 5.75 Å². The first kappa shape index (κ1) is 15.6. The molecule has 0 spiro atoms. The summed E-state index contributed by atoms with van der Waals surface area (Å²) < 4.78 is 7.32. The van der Waals surface area contributed by atoms with E-state index in [1.807, 2.05) is 16.9 Å². The molecule has 0 fully saturated rings. The smallest absolute Gasteiger partial charge is 0.176 e. The van der Waals surface area contributed by atoms with Gasteiger partial charge in [0.15, 0.2) is 5.78 Å². The summed E-state index contributed by atoms with van der Waals surface area (Å²) in [6, 6.07) is 9.18. The lowest BCUT2D eigenvalue weighted by molar-refractivity contribution is -0.120. The summed E-state index contributed by atoms with van der Waals surface area (Å²) >= 11 is 5.79. The third-order valence-corrected chi connectivity index (χ3v) is 3.55. The summed E-state index contributed by atoms with van der Waals surface area (Å²) in [7, 11) is 0. The van der Waals surface area contributed by atoms with E-state index in [4.69, 9.17) is 16.3 Å². The second-order valence-corrected chi connectivity index (χ2v) is 5.44. The van der Waals surface area contributed by atoms with Crippen LogP contribution in [0.3, 0.4) is 0 Å². The van der Waals surface area contributed by atoms with Crippen LogP contribution in [0, 0.1) is 0 Å². The fourth-order valence-corrected chi connectivity index (χ4v) is 1.98. The third-order valence-electron chi connectivity index (χ3n) is 3.30. The highest BCUT2D eigenvalue weighted by Gasteiger charge is 2.09. The number of Topliss-reactive ketones (excluding diaryl/α,β-unsaturated/α-hetero) is 1. The van der Waals surface area contributed by atoms with Gasteiger partial charge >= 0.3 is 0 Å². The highest BCUT2D eigenvalue weighted by atomic mass is 35.5. The number of ether oxygens (including phenoxy) is 1. The number of carbonyl (C=O) groups is 1. The molecule has 1 unspecified atom stereocenters. The number of ketones is 1. The molecule has 1 atom stereocenters. The van der Waals surface area contributed by atoms with Crippen LogP contribution in [0.2, 0.25) is 5.02 Å². The highest BCUT2D eigenvalue weighted by molar-refractivity contribution is 6.30. The van der Waals surface area contributed by atoms with E-state index in [0.29, 0.717) is 16.8 Å². The monoisotopic (exact) mass is 306 g/mol. The van der Waals surface area contributed by atoms with Crippen LogP contribution >= 0.6 is 11.6 Å². The predicted molar refractivity (Wildman–Crippen MR) is 82.9 cm³/mol. The number of aromatic nitrogens is 2. The molecule has 1 heterocycles. The van der Waals surface area contributed by atoms with E-state index in [-0.39, 0.29) is 18.8 Å². The summed E-state index contributed by atoms with van der Waals surface area (Å²) in [4.78, 5) is 11.9. The minimum Gasteiger partial charge on any atom is -0.486 e. The zero-order valence-corrected chi connectivity index (χ0v) is 13.0. The lowest BCUT2D eigenvalue weighted by Crippen LogP contribution is -2.14. The van der Waals surface area contributed by atoms with Crippen molar-refractivity contribution in [1.29, 1.82) is 0 Å². The van der Waals surface area contributed by atoms with Gasteiger partial charge in [0.25, 0.3) is 0 Å². The molecule has 112 valence electrons. The van der Waals surface area contributed by atoms with Gasteiger partial charge in [-0.15, -0.1) is 0 Å². The van der Waals surface area contributed by atoms with E-state index < -0.39 is 0 Å². The molecule has 0 saturated heterocycles. The minimum absolute atomic E-state index is 0.000600.